The lowest BCUT2D eigenvalue weighted by Gasteiger charge is -2.31. The van der Waals surface area contributed by atoms with Crippen LogP contribution in [0.25, 0.3) is 11.2 Å². The van der Waals surface area contributed by atoms with Crippen molar-refractivity contribution in [3.8, 4) is 0 Å². The van der Waals surface area contributed by atoms with Gasteiger partial charge in [0, 0.05) is 32.1 Å². The molecule has 1 aliphatic heterocycles. The lowest BCUT2D eigenvalue weighted by molar-refractivity contribution is 0.286. The second kappa shape index (κ2) is 12.1. The molecule has 0 bridgehead atoms. The van der Waals surface area contributed by atoms with Crippen molar-refractivity contribution in [1.82, 2.24) is 33.6 Å². The Hall–Kier alpha value is -3.53. The van der Waals surface area contributed by atoms with Crippen molar-refractivity contribution in [2.75, 3.05) is 20.1 Å². The predicted octanol–water partition coefficient (Wildman–Crippen LogP) is 3.22. The van der Waals surface area contributed by atoms with Crippen LogP contribution in [0.5, 0.6) is 0 Å². The predicted molar refractivity (Wildman–Crippen MR) is 160 cm³/mol. The molecule has 44 heavy (non-hydrogen) atoms. The normalized spacial score (nSPS) is 17.9. The smallest absolute Gasteiger partial charge is 0.281 e. The number of hydrogen-bond acceptors (Lipinski definition) is 8. The summed E-state index contributed by atoms with van der Waals surface area (Å²) in [7, 11) is -6.02. The van der Waals surface area contributed by atoms with Crippen molar-refractivity contribution in [3.63, 3.8) is 0 Å². The zero-order valence-electron chi connectivity index (χ0n) is 24.3. The number of H-pyrrole nitrogens is 1. The summed E-state index contributed by atoms with van der Waals surface area (Å²) in [6.07, 6.45) is 5.58. The molecule has 3 heterocycles. The minimum absolute atomic E-state index is 0.0236. The molecule has 2 fully saturated rings. The summed E-state index contributed by atoms with van der Waals surface area (Å²) in [4.78, 5) is 20.3. The van der Waals surface area contributed by atoms with E-state index in [-0.39, 0.29) is 58.4 Å². The van der Waals surface area contributed by atoms with Gasteiger partial charge in [-0.25, -0.2) is 30.9 Å². The van der Waals surface area contributed by atoms with E-state index in [4.69, 9.17) is 0 Å². The van der Waals surface area contributed by atoms with Gasteiger partial charge in [0.1, 0.15) is 11.6 Å². The number of sulfonamides is 2. The summed E-state index contributed by atoms with van der Waals surface area (Å²) in [6, 6.07) is 11.4. The van der Waals surface area contributed by atoms with Gasteiger partial charge in [-0.05, 0) is 67.6 Å². The van der Waals surface area contributed by atoms with E-state index in [0.29, 0.717) is 24.2 Å². The standard InChI is InChI=1S/C29H34FN7O5S2/c1-35(23-8-3-2-4-9-23)43(39,40)24-10-12-25(13-11-24)44(41,42)36-16-14-21(15-17-36)27-31-28-26(29(38)32-27)33-34-37(28)19-20-6-5-7-22(30)18-20/h5-7,10-13,18,21,23H,2-4,8-9,14-17,19H2,1H3,(H,31,32,38). The van der Waals surface area contributed by atoms with E-state index in [1.165, 1.54) is 49.7 Å². The molecule has 6 rings (SSSR count). The topological polar surface area (TPSA) is 151 Å². The van der Waals surface area contributed by atoms with Gasteiger partial charge in [0.05, 0.1) is 16.3 Å². The van der Waals surface area contributed by atoms with Gasteiger partial charge in [-0.1, -0.05) is 36.6 Å². The average molecular weight is 644 g/mol. The van der Waals surface area contributed by atoms with E-state index in [1.807, 2.05) is 0 Å². The first-order chi connectivity index (χ1) is 21.0. The van der Waals surface area contributed by atoms with E-state index in [1.54, 1.807) is 19.2 Å². The molecule has 4 aromatic rings. The molecule has 2 aromatic carbocycles. The minimum atomic E-state index is -3.87. The summed E-state index contributed by atoms with van der Waals surface area (Å²) in [5.74, 6) is -0.179. The number of nitrogens with zero attached hydrogens (tertiary/aromatic N) is 6. The first-order valence-corrected chi connectivity index (χ1v) is 17.6. The van der Waals surface area contributed by atoms with Gasteiger partial charge in [-0.15, -0.1) is 5.10 Å². The molecule has 0 unspecified atom stereocenters. The third-order valence-corrected chi connectivity index (χ3v) is 12.5. The first kappa shape index (κ1) is 30.5. The molecule has 2 aromatic heterocycles. The Kier molecular flexibility index (Phi) is 8.39. The Labute approximate surface area is 255 Å². The monoisotopic (exact) mass is 643 g/mol. The van der Waals surface area contributed by atoms with E-state index in [0.717, 1.165) is 32.1 Å². The van der Waals surface area contributed by atoms with Crippen molar-refractivity contribution < 1.29 is 21.2 Å². The second-order valence-electron chi connectivity index (χ2n) is 11.5. The van der Waals surface area contributed by atoms with Crippen molar-refractivity contribution in [2.24, 2.45) is 0 Å². The van der Waals surface area contributed by atoms with E-state index in [2.05, 4.69) is 20.3 Å². The maximum atomic E-state index is 13.7. The van der Waals surface area contributed by atoms with Gasteiger partial charge < -0.3 is 4.98 Å². The molecule has 15 heteroatoms. The number of benzene rings is 2. The van der Waals surface area contributed by atoms with Gasteiger partial charge in [0.25, 0.3) is 5.56 Å². The highest BCUT2D eigenvalue weighted by Crippen LogP contribution is 2.31. The molecule has 2 aliphatic rings. The van der Waals surface area contributed by atoms with Gasteiger partial charge in [-0.2, -0.15) is 8.61 Å². The first-order valence-electron chi connectivity index (χ1n) is 14.7. The van der Waals surface area contributed by atoms with Crippen LogP contribution in [0.2, 0.25) is 0 Å². The molecule has 1 saturated heterocycles. The average Bonchev–Trinajstić information content (AvgIpc) is 3.44. The molecule has 1 N–H and O–H groups in total. The van der Waals surface area contributed by atoms with E-state index in [9.17, 15) is 26.0 Å². The summed E-state index contributed by atoms with van der Waals surface area (Å²) >= 11 is 0. The highest BCUT2D eigenvalue weighted by Gasteiger charge is 2.33. The van der Waals surface area contributed by atoms with Crippen molar-refractivity contribution >= 4 is 31.2 Å². The van der Waals surface area contributed by atoms with Gasteiger partial charge in [0.2, 0.25) is 20.0 Å². The summed E-state index contributed by atoms with van der Waals surface area (Å²) < 4.78 is 71.2. The summed E-state index contributed by atoms with van der Waals surface area (Å²) in [5.41, 5.74) is 0.531. The van der Waals surface area contributed by atoms with Crippen molar-refractivity contribution in [2.45, 2.75) is 73.2 Å². The molecule has 0 spiro atoms. The number of aromatic nitrogens is 5. The largest absolute Gasteiger partial charge is 0.308 e. The lowest BCUT2D eigenvalue weighted by atomic mass is 9.96. The van der Waals surface area contributed by atoms with Crippen LogP contribution >= 0.6 is 0 Å². The number of rotatable bonds is 8. The Morgan fingerprint density at radius 1 is 0.955 bits per heavy atom. The Morgan fingerprint density at radius 3 is 2.32 bits per heavy atom. The van der Waals surface area contributed by atoms with Crippen LogP contribution in [0.3, 0.4) is 0 Å². The van der Waals surface area contributed by atoms with Crippen LogP contribution < -0.4 is 5.56 Å². The number of fused-ring (bicyclic) bond motifs is 1. The fourth-order valence-electron chi connectivity index (χ4n) is 6.10. The van der Waals surface area contributed by atoms with Crippen LogP contribution in [0.1, 0.15) is 62.3 Å². The highest BCUT2D eigenvalue weighted by atomic mass is 32.2. The maximum Gasteiger partial charge on any atom is 0.281 e. The Bertz CT molecular complexity index is 1930. The Morgan fingerprint density at radius 2 is 1.64 bits per heavy atom. The fraction of sp³-hybridized carbons (Fsp3) is 0.448. The molecular formula is C29H34FN7O5S2. The van der Waals surface area contributed by atoms with Crippen LogP contribution in [0, 0.1) is 5.82 Å². The van der Waals surface area contributed by atoms with Crippen molar-refractivity contribution in [3.05, 3.63) is 76.1 Å². The maximum absolute atomic E-state index is 13.7. The molecule has 12 nitrogen and oxygen atoms in total. The van der Waals surface area contributed by atoms with Crippen LogP contribution in [0.4, 0.5) is 4.39 Å². The molecule has 0 amide bonds. The molecule has 234 valence electrons. The van der Waals surface area contributed by atoms with Crippen LogP contribution in [0.15, 0.2) is 63.1 Å². The zero-order chi connectivity index (χ0) is 31.1. The number of nitrogens with one attached hydrogen (secondary N) is 1. The SMILES string of the molecule is CN(C1CCCCC1)S(=O)(=O)c1ccc(S(=O)(=O)N2CCC(c3nc4c(nnn4Cc4cccc(F)c4)c(=O)[nH]3)CC2)cc1. The molecule has 0 atom stereocenters. The molecule has 1 saturated carbocycles. The number of piperidine rings is 1. The minimum Gasteiger partial charge on any atom is -0.308 e. The highest BCUT2D eigenvalue weighted by molar-refractivity contribution is 7.89. The Balaban J connectivity index is 1.15. The van der Waals surface area contributed by atoms with Crippen LogP contribution in [-0.2, 0) is 26.6 Å². The van der Waals surface area contributed by atoms with Gasteiger partial charge in [0.15, 0.2) is 11.2 Å². The fourth-order valence-corrected chi connectivity index (χ4v) is 8.99. The van der Waals surface area contributed by atoms with Crippen LogP contribution in [-0.4, -0.2) is 76.6 Å². The number of aromatic amines is 1. The van der Waals surface area contributed by atoms with E-state index < -0.39 is 25.6 Å². The number of hydrogen-bond donors (Lipinski definition) is 1. The third-order valence-electron chi connectivity index (χ3n) is 8.68. The van der Waals surface area contributed by atoms with Gasteiger partial charge >= 0.3 is 0 Å². The molecular weight excluding hydrogens is 609 g/mol. The summed E-state index contributed by atoms with van der Waals surface area (Å²) in [5, 5.41) is 7.97. The quantitative estimate of drug-likeness (QED) is 0.307. The lowest BCUT2D eigenvalue weighted by Crippen LogP contribution is -2.39. The second-order valence-corrected chi connectivity index (χ2v) is 15.4. The zero-order valence-corrected chi connectivity index (χ0v) is 25.9. The third kappa shape index (κ3) is 5.93. The summed E-state index contributed by atoms with van der Waals surface area (Å²) in [6.45, 7) is 0.567. The van der Waals surface area contributed by atoms with E-state index >= 15 is 0 Å². The molecule has 0 radical (unpaired) electrons. The van der Waals surface area contributed by atoms with Crippen molar-refractivity contribution in [1.29, 1.82) is 0 Å². The van der Waals surface area contributed by atoms with Gasteiger partial charge in [-0.3, -0.25) is 4.79 Å². The molecule has 1 aliphatic carbocycles. The number of halogens is 1.